The predicted octanol–water partition coefficient (Wildman–Crippen LogP) is 2.12. The van der Waals surface area contributed by atoms with Crippen molar-refractivity contribution in [2.45, 2.75) is 0 Å². The van der Waals surface area contributed by atoms with Crippen molar-refractivity contribution in [2.75, 3.05) is 30.3 Å². The van der Waals surface area contributed by atoms with Crippen LogP contribution in [0.4, 0.5) is 5.69 Å². The van der Waals surface area contributed by atoms with Crippen LogP contribution in [0.5, 0.6) is 0 Å². The van der Waals surface area contributed by atoms with Gasteiger partial charge in [0.25, 0.3) is 5.91 Å². The van der Waals surface area contributed by atoms with Crippen LogP contribution in [0.2, 0.25) is 0 Å². The first-order valence-corrected chi connectivity index (χ1v) is 9.78. The van der Waals surface area contributed by atoms with E-state index in [9.17, 15) is 13.2 Å². The Morgan fingerprint density at radius 1 is 1.29 bits per heavy atom. The van der Waals surface area contributed by atoms with Crippen molar-refractivity contribution in [1.29, 1.82) is 0 Å². The van der Waals surface area contributed by atoms with Gasteiger partial charge in [0.2, 0.25) is 0 Å². The molecule has 2 heterocycles. The van der Waals surface area contributed by atoms with E-state index in [4.69, 9.17) is 5.73 Å². The van der Waals surface area contributed by atoms with Crippen molar-refractivity contribution in [3.63, 3.8) is 0 Å². The molecule has 1 amide bonds. The highest BCUT2D eigenvalue weighted by Gasteiger charge is 2.28. The number of carbonyl (C=O) groups excluding carboxylic acids is 1. The third-order valence-electron chi connectivity index (χ3n) is 3.51. The van der Waals surface area contributed by atoms with Crippen LogP contribution in [0.25, 0.3) is 10.1 Å². The molecule has 0 atom stereocenters. The van der Waals surface area contributed by atoms with Gasteiger partial charge in [-0.1, -0.05) is 15.9 Å². The van der Waals surface area contributed by atoms with E-state index in [0.29, 0.717) is 10.6 Å². The summed E-state index contributed by atoms with van der Waals surface area (Å²) in [5.41, 5.74) is 6.56. The number of fused-ring (bicyclic) bond motifs is 1. The van der Waals surface area contributed by atoms with E-state index in [-0.39, 0.29) is 30.5 Å². The van der Waals surface area contributed by atoms with Gasteiger partial charge in [-0.25, -0.2) is 8.42 Å². The molecule has 0 aliphatic carbocycles. The molecule has 0 saturated carbocycles. The highest BCUT2D eigenvalue weighted by Crippen LogP contribution is 2.36. The van der Waals surface area contributed by atoms with Gasteiger partial charge in [-0.05, 0) is 18.2 Å². The number of carbonyl (C=O) groups is 1. The number of nitrogen functional groups attached to an aromatic ring is 1. The van der Waals surface area contributed by atoms with Gasteiger partial charge in [0, 0.05) is 27.6 Å². The van der Waals surface area contributed by atoms with Crippen LogP contribution in [0.1, 0.15) is 9.67 Å². The molecule has 1 saturated heterocycles. The lowest BCUT2D eigenvalue weighted by molar-refractivity contribution is 0.0776. The topological polar surface area (TPSA) is 80.5 Å². The molecule has 1 aromatic heterocycles. The number of nitrogens with two attached hydrogens (primary N) is 1. The lowest BCUT2D eigenvalue weighted by atomic mass is 10.2. The summed E-state index contributed by atoms with van der Waals surface area (Å²) in [5.74, 6) is -0.135. The summed E-state index contributed by atoms with van der Waals surface area (Å²) in [6.45, 7) is 0.469. The van der Waals surface area contributed by atoms with E-state index in [2.05, 4.69) is 15.9 Å². The molecule has 1 aromatic carbocycles. The normalized spacial score (nSPS) is 18.0. The van der Waals surface area contributed by atoms with E-state index in [1.807, 2.05) is 18.2 Å². The Labute approximate surface area is 134 Å². The average Bonchev–Trinajstić information content (AvgIpc) is 2.75. The number of amides is 1. The van der Waals surface area contributed by atoms with Gasteiger partial charge in [-0.3, -0.25) is 4.79 Å². The Morgan fingerprint density at radius 2 is 1.95 bits per heavy atom. The molecule has 0 spiro atoms. The highest BCUT2D eigenvalue weighted by atomic mass is 79.9. The molecule has 21 heavy (non-hydrogen) atoms. The van der Waals surface area contributed by atoms with Crippen molar-refractivity contribution in [2.24, 2.45) is 0 Å². The molecule has 8 heteroatoms. The third-order valence-corrected chi connectivity index (χ3v) is 6.79. The van der Waals surface area contributed by atoms with Crippen molar-refractivity contribution >= 4 is 58.8 Å². The number of sulfone groups is 1. The second-order valence-electron chi connectivity index (χ2n) is 4.93. The van der Waals surface area contributed by atoms with Crippen LogP contribution in [0.3, 0.4) is 0 Å². The van der Waals surface area contributed by atoms with E-state index in [0.717, 1.165) is 14.6 Å². The van der Waals surface area contributed by atoms with Crippen molar-refractivity contribution in [3.05, 3.63) is 27.5 Å². The molecular formula is C13H13BrN2O3S2. The van der Waals surface area contributed by atoms with Gasteiger partial charge in [-0.2, -0.15) is 0 Å². The van der Waals surface area contributed by atoms with Gasteiger partial charge >= 0.3 is 0 Å². The number of halogens is 1. The lowest BCUT2D eigenvalue weighted by Gasteiger charge is -2.26. The zero-order chi connectivity index (χ0) is 15.2. The Kier molecular flexibility index (Phi) is 3.71. The number of rotatable bonds is 1. The van der Waals surface area contributed by atoms with Crippen LogP contribution in [-0.4, -0.2) is 43.8 Å². The Morgan fingerprint density at radius 3 is 2.62 bits per heavy atom. The maximum atomic E-state index is 12.5. The molecule has 112 valence electrons. The number of benzene rings is 1. The highest BCUT2D eigenvalue weighted by molar-refractivity contribution is 9.10. The maximum Gasteiger partial charge on any atom is 0.266 e. The monoisotopic (exact) mass is 388 g/mol. The molecule has 1 aliphatic rings. The molecule has 0 bridgehead atoms. The van der Waals surface area contributed by atoms with E-state index < -0.39 is 9.84 Å². The number of anilines is 1. The van der Waals surface area contributed by atoms with Crippen LogP contribution >= 0.6 is 27.3 Å². The van der Waals surface area contributed by atoms with Gasteiger partial charge in [0.15, 0.2) is 9.84 Å². The van der Waals surface area contributed by atoms with Crippen LogP contribution < -0.4 is 5.73 Å². The smallest absolute Gasteiger partial charge is 0.266 e. The van der Waals surface area contributed by atoms with E-state index in [1.54, 1.807) is 4.90 Å². The molecule has 0 unspecified atom stereocenters. The number of nitrogens with zero attached hydrogens (tertiary/aromatic N) is 1. The van der Waals surface area contributed by atoms with Crippen molar-refractivity contribution in [3.8, 4) is 0 Å². The fraction of sp³-hybridized carbons (Fsp3) is 0.308. The summed E-state index contributed by atoms with van der Waals surface area (Å²) < 4.78 is 24.7. The first-order chi connectivity index (χ1) is 9.87. The minimum atomic E-state index is -3.00. The minimum Gasteiger partial charge on any atom is -0.397 e. The number of hydrogen-bond donors (Lipinski definition) is 1. The van der Waals surface area contributed by atoms with E-state index >= 15 is 0 Å². The first-order valence-electron chi connectivity index (χ1n) is 6.34. The minimum absolute atomic E-state index is 0.0229. The SMILES string of the molecule is Nc1c(C(=O)N2CCS(=O)(=O)CC2)sc2ccc(Br)cc12. The fourth-order valence-electron chi connectivity index (χ4n) is 2.31. The van der Waals surface area contributed by atoms with E-state index in [1.165, 1.54) is 11.3 Å². The molecule has 2 N–H and O–H groups in total. The van der Waals surface area contributed by atoms with Crippen LogP contribution in [-0.2, 0) is 9.84 Å². The Hall–Kier alpha value is -1.12. The zero-order valence-corrected chi connectivity index (χ0v) is 14.2. The quantitative estimate of drug-likeness (QED) is 0.810. The van der Waals surface area contributed by atoms with Crippen LogP contribution in [0.15, 0.2) is 22.7 Å². The molecule has 2 aromatic rings. The molecule has 5 nitrogen and oxygen atoms in total. The second kappa shape index (κ2) is 5.26. The zero-order valence-electron chi connectivity index (χ0n) is 11.0. The summed E-state index contributed by atoms with van der Waals surface area (Å²) >= 11 is 4.74. The van der Waals surface area contributed by atoms with Gasteiger partial charge in [-0.15, -0.1) is 11.3 Å². The molecular weight excluding hydrogens is 376 g/mol. The Balaban J connectivity index is 1.93. The predicted molar refractivity (Wildman–Crippen MR) is 88.5 cm³/mol. The second-order valence-corrected chi connectivity index (χ2v) is 9.20. The Bertz CT molecular complexity index is 815. The van der Waals surface area contributed by atoms with Crippen molar-refractivity contribution < 1.29 is 13.2 Å². The van der Waals surface area contributed by atoms with Gasteiger partial charge < -0.3 is 10.6 Å². The molecule has 1 aliphatic heterocycles. The summed E-state index contributed by atoms with van der Waals surface area (Å²) in [6.07, 6.45) is 0. The third kappa shape index (κ3) is 2.79. The van der Waals surface area contributed by atoms with Crippen LogP contribution in [0, 0.1) is 0 Å². The molecule has 0 radical (unpaired) electrons. The van der Waals surface area contributed by atoms with Gasteiger partial charge in [0.05, 0.1) is 17.2 Å². The lowest BCUT2D eigenvalue weighted by Crippen LogP contribution is -2.43. The standard InChI is InChI=1S/C13H13BrN2O3S2/c14-8-1-2-10-9(7-8)11(15)12(20-10)13(17)16-3-5-21(18,19)6-4-16/h1-2,7H,3-6,15H2. The summed E-state index contributed by atoms with van der Waals surface area (Å²) in [4.78, 5) is 14.6. The first kappa shape index (κ1) is 14.8. The summed E-state index contributed by atoms with van der Waals surface area (Å²) in [6, 6.07) is 5.70. The van der Waals surface area contributed by atoms with Gasteiger partial charge in [0.1, 0.15) is 4.88 Å². The molecule has 1 fully saturated rings. The average molecular weight is 389 g/mol. The number of hydrogen-bond acceptors (Lipinski definition) is 5. The summed E-state index contributed by atoms with van der Waals surface area (Å²) in [7, 11) is -3.00. The number of thiophene rings is 1. The van der Waals surface area contributed by atoms with Crippen molar-refractivity contribution in [1.82, 2.24) is 4.90 Å². The summed E-state index contributed by atoms with van der Waals surface area (Å²) in [5, 5.41) is 0.849. The fourth-order valence-corrected chi connectivity index (χ4v) is 4.94. The largest absolute Gasteiger partial charge is 0.397 e. The maximum absolute atomic E-state index is 12.5. The molecule has 3 rings (SSSR count).